The number of hydrogen-bond donors (Lipinski definition) is 21. The average Bonchev–Trinajstić information content (AvgIpc) is 0.978. The smallest absolute Gasteiger partial charge is 0.317 e. The minimum Gasteiger partial charge on any atom is -0.432 e. The van der Waals surface area contributed by atoms with Crippen LogP contribution in [0.5, 0.6) is 0 Å². The predicted molar refractivity (Wildman–Crippen MR) is 344 cm³/mol. The summed E-state index contributed by atoms with van der Waals surface area (Å²) in [6, 6.07) is 0. The molecule has 21 N–H and O–H groups in total. The molecular weight excluding hydrogens is 1400 g/mol. The van der Waals surface area contributed by atoms with E-state index in [-0.39, 0.29) is 25.7 Å². The molecule has 4 saturated carbocycles. The summed E-state index contributed by atoms with van der Waals surface area (Å²) >= 11 is 0. The van der Waals surface area contributed by atoms with E-state index >= 15 is 4.79 Å². The third kappa shape index (κ3) is 13.8. The number of carbonyl (C=O) groups excluding carboxylic acids is 1. The summed E-state index contributed by atoms with van der Waals surface area (Å²) in [6.45, 7) is 11.6. The number of aliphatic hydroxyl groups excluding tert-OH is 20. The predicted octanol–water partition coefficient (Wildman–Crippen LogP) is -7.68. The maximum atomic E-state index is 15.8. The van der Waals surface area contributed by atoms with Crippen molar-refractivity contribution in [3.05, 3.63) is 11.6 Å². The van der Waals surface area contributed by atoms with Gasteiger partial charge in [-0.05, 0) is 99.2 Å². The summed E-state index contributed by atoms with van der Waals surface area (Å²) in [4.78, 5) is 15.8. The first-order chi connectivity index (χ1) is 49.1. The first-order valence-electron chi connectivity index (χ1n) is 36.6. The number of carbonyl (C=O) groups is 1. The van der Waals surface area contributed by atoms with Gasteiger partial charge in [-0.3, -0.25) is 4.79 Å². The minimum atomic E-state index is -2.14. The molecule has 0 aromatic carbocycles. The van der Waals surface area contributed by atoms with E-state index in [1.165, 1.54) is 20.8 Å². The van der Waals surface area contributed by atoms with E-state index < -0.39 is 310 Å². The lowest BCUT2D eigenvalue weighted by Crippen LogP contribution is -2.73. The Bertz CT molecular complexity index is 3030. The normalized spacial score (nSPS) is 56.5. The number of allylic oxidation sites excluding steroid dienone is 2. The Balaban J connectivity index is 0.785. The lowest BCUT2D eigenvalue weighted by molar-refractivity contribution is -0.395. The van der Waals surface area contributed by atoms with E-state index in [2.05, 4.69) is 6.08 Å². The fraction of sp³-hybridized carbons (Fsp3) is 0.957. The van der Waals surface area contributed by atoms with E-state index in [4.69, 9.17) is 66.3 Å². The molecule has 105 heavy (non-hydrogen) atoms. The molecule has 0 amide bonds. The van der Waals surface area contributed by atoms with Gasteiger partial charge in [-0.2, -0.15) is 0 Å². The van der Waals surface area contributed by atoms with Crippen molar-refractivity contribution in [1.29, 1.82) is 0 Å². The van der Waals surface area contributed by atoms with Crippen molar-refractivity contribution in [1.82, 2.24) is 0 Å². The highest BCUT2D eigenvalue weighted by molar-refractivity contribution is 5.80. The van der Waals surface area contributed by atoms with Crippen LogP contribution in [0.3, 0.4) is 0 Å². The first kappa shape index (κ1) is 82.3. The Morgan fingerprint density at radius 1 is 0.486 bits per heavy atom. The van der Waals surface area contributed by atoms with Crippen LogP contribution in [0, 0.1) is 50.2 Å². The molecule has 0 unspecified atom stereocenters. The zero-order valence-corrected chi connectivity index (χ0v) is 60.1. The SMILES string of the molecule is C[C@@H]1O[C@@H](O[C@@H]2[C@@H](O)[C@H](O[C@@H]3[C@@H](O[C@@H]4O[C@@H](C)[C@H](O)[C@@H](O)[C@H]4O)[C@@H](O)[C@H](O[C@H]4[C@H](OC(=O)[C@]56CCC(C)(C)C[C@H]5C5=CC[C@@H]7[C@@]8(C)C[C@H](O)[C@H](O[C@@H]9O[C@H](CO)[C@@H](O[C@@H]%10OC[C@](O)(CO)[C@H]%10O)[C@H](O)[C@H]9O)[C@@](C)(CO)[C@@H]8[C@H](O)C[C@@]7(C)[C@]5(C)C[C@H]6O)OC[C@@H](O)[C@@H]4O)O[C@H]3C)OC[C@H]2O)[C@H](O)[C@H](O)[C@H]1O. The fourth-order valence-electron chi connectivity index (χ4n) is 20.4. The highest BCUT2D eigenvalue weighted by atomic mass is 16.8. The van der Waals surface area contributed by atoms with Crippen LogP contribution in [-0.2, 0) is 71.1 Å². The van der Waals surface area contributed by atoms with Crippen LogP contribution in [0.1, 0.15) is 107 Å². The average molecular weight is 1520 g/mol. The van der Waals surface area contributed by atoms with Gasteiger partial charge >= 0.3 is 5.97 Å². The molecule has 7 aliphatic heterocycles. The first-order valence-corrected chi connectivity index (χ1v) is 36.6. The summed E-state index contributed by atoms with van der Waals surface area (Å²) < 4.78 is 83.7. The van der Waals surface area contributed by atoms with E-state index in [1.807, 2.05) is 34.6 Å². The van der Waals surface area contributed by atoms with Crippen molar-refractivity contribution in [3.8, 4) is 0 Å². The van der Waals surface area contributed by atoms with Gasteiger partial charge in [-0.25, -0.2) is 0 Å². The molecule has 12 aliphatic rings. The van der Waals surface area contributed by atoms with Crippen LogP contribution >= 0.6 is 0 Å². The second-order valence-electron chi connectivity index (χ2n) is 33.7. The quantitative estimate of drug-likeness (QED) is 0.0365. The van der Waals surface area contributed by atoms with Crippen molar-refractivity contribution >= 4 is 5.97 Å². The number of ether oxygens (including phenoxy) is 14. The number of rotatable bonds is 17. The second-order valence-corrected chi connectivity index (χ2v) is 33.7. The summed E-state index contributed by atoms with van der Waals surface area (Å²) in [7, 11) is 0. The van der Waals surface area contributed by atoms with Gasteiger partial charge in [0.1, 0.15) is 127 Å². The van der Waals surface area contributed by atoms with Gasteiger partial charge in [0.25, 0.3) is 0 Å². The molecular formula is C69H112O36. The van der Waals surface area contributed by atoms with E-state index in [1.54, 1.807) is 6.92 Å². The number of aliphatic hydroxyl groups is 21. The molecule has 7 heterocycles. The number of fused-ring (bicyclic) bond motifs is 7. The van der Waals surface area contributed by atoms with Crippen LogP contribution in [0.25, 0.3) is 0 Å². The van der Waals surface area contributed by atoms with Crippen molar-refractivity contribution in [2.75, 3.05) is 39.6 Å². The summed E-state index contributed by atoms with van der Waals surface area (Å²) in [5.41, 5.74) is -8.01. The Labute approximate surface area is 605 Å². The summed E-state index contributed by atoms with van der Waals surface area (Å²) in [5.74, 6) is -3.00. The van der Waals surface area contributed by atoms with Crippen LogP contribution in [0.2, 0.25) is 0 Å². The Morgan fingerprint density at radius 2 is 1.03 bits per heavy atom. The van der Waals surface area contributed by atoms with Gasteiger partial charge in [0.2, 0.25) is 6.29 Å². The van der Waals surface area contributed by atoms with Crippen molar-refractivity contribution in [2.45, 2.75) is 322 Å². The monoisotopic (exact) mass is 1520 g/mol. The fourth-order valence-corrected chi connectivity index (χ4v) is 20.4. The van der Waals surface area contributed by atoms with Crippen LogP contribution in [-0.4, -0.2) is 367 Å². The van der Waals surface area contributed by atoms with Gasteiger partial charge in [-0.1, -0.05) is 53.2 Å². The third-order valence-corrected chi connectivity index (χ3v) is 26.6. The van der Waals surface area contributed by atoms with E-state index in [0.717, 1.165) is 5.57 Å². The maximum absolute atomic E-state index is 15.8. The second kappa shape index (κ2) is 30.3. The topological polar surface area (TPSA) is 571 Å². The molecule has 36 nitrogen and oxygen atoms in total. The van der Waals surface area contributed by atoms with Crippen LogP contribution in [0.4, 0.5) is 0 Å². The molecule has 0 radical (unpaired) electrons. The van der Waals surface area contributed by atoms with Crippen LogP contribution in [0.15, 0.2) is 11.6 Å². The largest absolute Gasteiger partial charge is 0.432 e. The molecule has 0 aromatic rings. The van der Waals surface area contributed by atoms with Gasteiger partial charge in [0.15, 0.2) is 43.8 Å². The molecule has 0 bridgehead atoms. The third-order valence-electron chi connectivity index (χ3n) is 26.6. The van der Waals surface area contributed by atoms with E-state index in [0.29, 0.717) is 19.3 Å². The zero-order valence-electron chi connectivity index (χ0n) is 60.1. The van der Waals surface area contributed by atoms with Gasteiger partial charge in [0, 0.05) is 11.3 Å². The summed E-state index contributed by atoms with van der Waals surface area (Å²) in [6.07, 6.45) is -54.6. The lowest BCUT2D eigenvalue weighted by atomic mass is 9.32. The molecule has 0 aromatic heterocycles. The molecule has 11 fully saturated rings. The maximum Gasteiger partial charge on any atom is 0.317 e. The van der Waals surface area contributed by atoms with E-state index in [9.17, 15) is 107 Å². The number of hydrogen-bond acceptors (Lipinski definition) is 36. The number of esters is 1. The molecule has 7 saturated heterocycles. The Morgan fingerprint density at radius 3 is 1.64 bits per heavy atom. The highest BCUT2D eigenvalue weighted by Crippen LogP contribution is 2.76. The molecule has 12 rings (SSSR count). The highest BCUT2D eigenvalue weighted by Gasteiger charge is 2.75. The summed E-state index contributed by atoms with van der Waals surface area (Å²) in [5, 5.41) is 237. The van der Waals surface area contributed by atoms with Crippen molar-refractivity contribution in [3.63, 3.8) is 0 Å². The molecule has 36 heteroatoms. The Hall–Kier alpha value is -2.15. The Kier molecular flexibility index (Phi) is 23.8. The van der Waals surface area contributed by atoms with Gasteiger partial charge < -0.3 is 174 Å². The van der Waals surface area contributed by atoms with Crippen molar-refractivity contribution in [2.24, 2.45) is 50.2 Å². The molecule has 5 aliphatic carbocycles. The molecule has 0 spiro atoms. The standard InChI is InChI=1S/C69H112O36/c1-24-36(78)39(81)42(84)56(95-24)100-48-32(76)20-92-55(45(48)87)99-47-26(3)97-59(46(88)50(47)102-57-43(85)40(82)37(79)25(2)96-57)103-51-38(80)31(75)19-93-60(51)105-62(90)69-13-12-63(4,5)14-28(69)27-10-11-34-64(6)15-30(74)54(65(7,21-71)52(64)29(73)16-67(34,9)66(27,8)17-35(69)77)104-58-44(86)41(83)49(33(18-70)98-58)101-61-53(89)68(91,22-72)23-94-61/h10,24-26,28-61,70-89,91H,11-23H2,1-9H3/t24-,25-,26-,28-,29+,30-,31+,32+,33+,34+,35+,36-,37-,38-,39+,40+,41+,42+,43+,44+,45+,46+,47-,48-,49+,50-,51+,52+,53-,54-,55-,56-,57-,58-,59-,60-,61-,64+,65-,66+,67+,68+,69+/m0/s1. The molecule has 604 valence electrons. The van der Waals surface area contributed by atoms with Crippen molar-refractivity contribution < 1.29 is 178 Å². The van der Waals surface area contributed by atoms with Gasteiger partial charge in [-0.15, -0.1) is 0 Å². The van der Waals surface area contributed by atoms with Gasteiger partial charge in [0.05, 0.1) is 82.4 Å². The zero-order chi connectivity index (χ0) is 76.8. The molecule has 43 atom stereocenters. The van der Waals surface area contributed by atoms with Crippen LogP contribution < -0.4 is 0 Å². The lowest BCUT2D eigenvalue weighted by Gasteiger charge is -2.73. The minimum absolute atomic E-state index is 0.0526.